The molecule has 0 unspecified atom stereocenters. The van der Waals surface area contributed by atoms with E-state index in [0.717, 1.165) is 0 Å². The lowest BCUT2D eigenvalue weighted by molar-refractivity contribution is 0.149. The van der Waals surface area contributed by atoms with Crippen molar-refractivity contribution >= 4 is 38.5 Å². The average Bonchev–Trinajstić information content (AvgIpc) is 1.82. The van der Waals surface area contributed by atoms with E-state index in [1.807, 2.05) is 22.6 Å². The second kappa shape index (κ2) is 3.95. The van der Waals surface area contributed by atoms with Crippen molar-refractivity contribution in [1.82, 2.24) is 4.98 Å². The molecule has 1 rings (SSSR count). The first-order valence-electron chi connectivity index (χ1n) is 3.13. The zero-order valence-corrected chi connectivity index (χ0v) is 9.86. The van der Waals surface area contributed by atoms with Crippen molar-refractivity contribution in [2.45, 2.75) is 13.3 Å². The van der Waals surface area contributed by atoms with Crippen LogP contribution in [0.2, 0.25) is 0 Å². The summed E-state index contributed by atoms with van der Waals surface area (Å²) in [5.41, 5.74) is 0.405. The zero-order valence-electron chi connectivity index (χ0n) is 6.11. The van der Waals surface area contributed by atoms with Gasteiger partial charge in [0.2, 0.25) is 0 Å². The first kappa shape index (κ1) is 10.3. The minimum Gasteiger partial charge on any atom is -0.246 e. The highest BCUT2D eigenvalue weighted by Gasteiger charge is 2.15. The number of hydrogen-bond acceptors (Lipinski definition) is 1. The summed E-state index contributed by atoms with van der Waals surface area (Å²) >= 11 is 5.01. The van der Waals surface area contributed by atoms with Gasteiger partial charge >= 0.3 is 0 Å². The van der Waals surface area contributed by atoms with Gasteiger partial charge in [0.05, 0.1) is 5.56 Å². The smallest absolute Gasteiger partial charge is 0.246 e. The van der Waals surface area contributed by atoms with Crippen LogP contribution in [-0.4, -0.2) is 4.98 Å². The van der Waals surface area contributed by atoms with E-state index < -0.39 is 6.43 Å². The standard InChI is InChI=1S/C7H5BrF2IN/c1-3-6(7(9)10)4(11)2-5(8)12-3/h2,7H,1H3. The number of hydrogen-bond donors (Lipinski definition) is 0. The van der Waals surface area contributed by atoms with E-state index in [1.165, 1.54) is 0 Å². The van der Waals surface area contributed by atoms with Crippen LogP contribution < -0.4 is 0 Å². The second-order valence-electron chi connectivity index (χ2n) is 2.23. The van der Waals surface area contributed by atoms with Crippen molar-refractivity contribution in [1.29, 1.82) is 0 Å². The fourth-order valence-corrected chi connectivity index (χ4v) is 2.71. The zero-order chi connectivity index (χ0) is 9.30. The number of aromatic nitrogens is 1. The maximum Gasteiger partial charge on any atom is 0.266 e. The van der Waals surface area contributed by atoms with Crippen LogP contribution in [0.4, 0.5) is 8.78 Å². The Labute approximate surface area is 90.8 Å². The van der Waals surface area contributed by atoms with Gasteiger partial charge in [-0.05, 0) is 51.5 Å². The molecule has 0 aliphatic rings. The van der Waals surface area contributed by atoms with Crippen molar-refractivity contribution < 1.29 is 8.78 Å². The normalized spacial score (nSPS) is 10.8. The molecule has 0 aliphatic heterocycles. The fourth-order valence-electron chi connectivity index (χ4n) is 0.870. The number of alkyl halides is 2. The third-order valence-electron chi connectivity index (χ3n) is 1.39. The van der Waals surface area contributed by atoms with E-state index >= 15 is 0 Å². The third kappa shape index (κ3) is 2.12. The van der Waals surface area contributed by atoms with E-state index in [2.05, 4.69) is 20.9 Å². The number of pyridine rings is 1. The van der Waals surface area contributed by atoms with Crippen molar-refractivity contribution in [2.24, 2.45) is 0 Å². The molecule has 0 saturated carbocycles. The monoisotopic (exact) mass is 347 g/mol. The van der Waals surface area contributed by atoms with E-state index in [-0.39, 0.29) is 5.56 Å². The molecule has 0 aromatic carbocycles. The summed E-state index contributed by atoms with van der Waals surface area (Å²) in [7, 11) is 0. The Morgan fingerprint density at radius 2 is 2.17 bits per heavy atom. The van der Waals surface area contributed by atoms with E-state index in [9.17, 15) is 8.78 Å². The molecule has 0 saturated heterocycles. The van der Waals surface area contributed by atoms with Gasteiger partial charge in [-0.1, -0.05) is 0 Å². The molecule has 0 fully saturated rings. The Hall–Kier alpha value is 0.220. The maximum atomic E-state index is 12.4. The molecule has 0 spiro atoms. The molecule has 0 N–H and O–H groups in total. The topological polar surface area (TPSA) is 12.9 Å². The van der Waals surface area contributed by atoms with E-state index in [0.29, 0.717) is 13.9 Å². The van der Waals surface area contributed by atoms with Gasteiger partial charge in [-0.25, -0.2) is 13.8 Å². The fraction of sp³-hybridized carbons (Fsp3) is 0.286. The Kier molecular flexibility index (Phi) is 3.39. The molecule has 66 valence electrons. The molecule has 1 heterocycles. The molecule has 0 bridgehead atoms. The first-order chi connectivity index (χ1) is 5.52. The lowest BCUT2D eigenvalue weighted by Gasteiger charge is -2.06. The average molecular weight is 348 g/mol. The van der Waals surface area contributed by atoms with Gasteiger partial charge in [-0.3, -0.25) is 0 Å². The van der Waals surface area contributed by atoms with E-state index in [4.69, 9.17) is 0 Å². The van der Waals surface area contributed by atoms with Crippen molar-refractivity contribution in [2.75, 3.05) is 0 Å². The van der Waals surface area contributed by atoms with Crippen LogP contribution in [0.1, 0.15) is 17.7 Å². The summed E-state index contributed by atoms with van der Waals surface area (Å²) in [5, 5.41) is 0. The molecular formula is C7H5BrF2IN. The highest BCUT2D eigenvalue weighted by molar-refractivity contribution is 14.1. The van der Waals surface area contributed by atoms with Gasteiger partial charge in [0.25, 0.3) is 6.43 Å². The molecule has 0 amide bonds. The summed E-state index contributed by atoms with van der Waals surface area (Å²) in [6.45, 7) is 1.58. The minimum atomic E-state index is -2.45. The summed E-state index contributed by atoms with van der Waals surface area (Å²) in [6, 6.07) is 1.58. The molecule has 12 heavy (non-hydrogen) atoms. The quantitative estimate of drug-likeness (QED) is 0.557. The summed E-state index contributed by atoms with van der Waals surface area (Å²) in [6.07, 6.45) is -2.45. The SMILES string of the molecule is Cc1nc(Br)cc(I)c1C(F)F. The Morgan fingerprint density at radius 1 is 1.58 bits per heavy atom. The number of halogens is 4. The maximum absolute atomic E-state index is 12.4. The molecule has 5 heteroatoms. The van der Waals surface area contributed by atoms with Gasteiger partial charge in [-0.2, -0.15) is 0 Å². The van der Waals surface area contributed by atoms with Crippen LogP contribution >= 0.6 is 38.5 Å². The van der Waals surface area contributed by atoms with Crippen LogP contribution in [0.15, 0.2) is 10.7 Å². The Bertz CT molecular complexity index is 280. The minimum absolute atomic E-state index is 0.0267. The number of nitrogens with zero attached hydrogens (tertiary/aromatic N) is 1. The number of rotatable bonds is 1. The van der Waals surface area contributed by atoms with Gasteiger partial charge in [0.15, 0.2) is 0 Å². The predicted octanol–water partition coefficient (Wildman–Crippen LogP) is 3.69. The third-order valence-corrected chi connectivity index (χ3v) is 2.68. The van der Waals surface area contributed by atoms with E-state index in [1.54, 1.807) is 13.0 Å². The van der Waals surface area contributed by atoms with Gasteiger partial charge in [0.1, 0.15) is 4.60 Å². The van der Waals surface area contributed by atoms with Crippen molar-refractivity contribution in [3.8, 4) is 0 Å². The van der Waals surface area contributed by atoms with Crippen molar-refractivity contribution in [3.05, 3.63) is 25.5 Å². The van der Waals surface area contributed by atoms with Gasteiger partial charge < -0.3 is 0 Å². The summed E-state index contributed by atoms with van der Waals surface area (Å²) in [4.78, 5) is 3.89. The highest BCUT2D eigenvalue weighted by atomic mass is 127. The second-order valence-corrected chi connectivity index (χ2v) is 4.20. The molecule has 1 aromatic rings. The Morgan fingerprint density at radius 3 is 2.58 bits per heavy atom. The lowest BCUT2D eigenvalue weighted by atomic mass is 10.2. The molecule has 1 nitrogen and oxygen atoms in total. The number of aryl methyl sites for hydroxylation is 1. The summed E-state index contributed by atoms with van der Waals surface area (Å²) < 4.78 is 25.9. The largest absolute Gasteiger partial charge is 0.266 e. The molecule has 0 atom stereocenters. The predicted molar refractivity (Wildman–Crippen MR) is 54.3 cm³/mol. The van der Waals surface area contributed by atoms with Crippen LogP contribution in [0, 0.1) is 10.5 Å². The van der Waals surface area contributed by atoms with Gasteiger partial charge in [-0.15, -0.1) is 0 Å². The summed E-state index contributed by atoms with van der Waals surface area (Å²) in [5.74, 6) is 0. The molecule has 0 radical (unpaired) electrons. The van der Waals surface area contributed by atoms with Crippen LogP contribution in [0.25, 0.3) is 0 Å². The van der Waals surface area contributed by atoms with Gasteiger partial charge in [0, 0.05) is 9.26 Å². The van der Waals surface area contributed by atoms with Crippen LogP contribution in [-0.2, 0) is 0 Å². The molecule has 1 aromatic heterocycles. The lowest BCUT2D eigenvalue weighted by Crippen LogP contribution is -1.97. The highest BCUT2D eigenvalue weighted by Crippen LogP contribution is 2.28. The van der Waals surface area contributed by atoms with Crippen LogP contribution in [0.5, 0.6) is 0 Å². The van der Waals surface area contributed by atoms with Crippen molar-refractivity contribution in [3.63, 3.8) is 0 Å². The Balaban J connectivity index is 3.28. The molecular weight excluding hydrogens is 343 g/mol. The molecule has 0 aliphatic carbocycles. The van der Waals surface area contributed by atoms with Crippen LogP contribution in [0.3, 0.4) is 0 Å². The first-order valence-corrected chi connectivity index (χ1v) is 5.00.